The number of thiophene rings is 1. The van der Waals surface area contributed by atoms with Crippen LogP contribution < -0.4 is 4.74 Å². The van der Waals surface area contributed by atoms with Gasteiger partial charge in [0.2, 0.25) is 0 Å². The molecule has 0 amide bonds. The zero-order valence-corrected chi connectivity index (χ0v) is 12.8. The molecule has 3 heterocycles. The van der Waals surface area contributed by atoms with Gasteiger partial charge in [0.05, 0.1) is 6.20 Å². The molecular formula is C14H12ClN3O2S. The van der Waals surface area contributed by atoms with Crippen LogP contribution in [0.2, 0.25) is 5.15 Å². The van der Waals surface area contributed by atoms with Crippen LogP contribution in [0.3, 0.4) is 0 Å². The molecule has 0 spiro atoms. The molecule has 0 saturated heterocycles. The fraction of sp³-hybridized carbons (Fsp3) is 0.214. The van der Waals surface area contributed by atoms with Crippen LogP contribution in [0, 0.1) is 0 Å². The predicted octanol–water partition coefficient (Wildman–Crippen LogP) is 3.91. The summed E-state index contributed by atoms with van der Waals surface area (Å²) < 4.78 is 10.9. The van der Waals surface area contributed by atoms with Crippen molar-refractivity contribution in [2.75, 3.05) is 0 Å². The van der Waals surface area contributed by atoms with Crippen LogP contribution in [0.1, 0.15) is 29.6 Å². The third kappa shape index (κ3) is 3.59. The number of hydrogen-bond donors (Lipinski definition) is 0. The summed E-state index contributed by atoms with van der Waals surface area (Å²) in [4.78, 5) is 9.50. The molecule has 0 aliphatic carbocycles. The second kappa shape index (κ2) is 6.24. The number of halogens is 1. The number of aromatic nitrogens is 3. The number of pyridine rings is 1. The van der Waals surface area contributed by atoms with Crippen LogP contribution in [0.5, 0.6) is 5.75 Å². The average Bonchev–Trinajstić information content (AvgIpc) is 3.13. The van der Waals surface area contributed by atoms with E-state index < -0.39 is 0 Å². The lowest BCUT2D eigenvalue weighted by Crippen LogP contribution is -2.04. The van der Waals surface area contributed by atoms with Gasteiger partial charge < -0.3 is 9.26 Å². The van der Waals surface area contributed by atoms with Gasteiger partial charge in [-0.1, -0.05) is 22.8 Å². The maximum absolute atomic E-state index is 5.73. The summed E-state index contributed by atoms with van der Waals surface area (Å²) in [5.41, 5.74) is 0. The van der Waals surface area contributed by atoms with E-state index in [-0.39, 0.29) is 6.10 Å². The molecule has 0 saturated carbocycles. The maximum atomic E-state index is 5.73. The molecule has 3 rings (SSSR count). The van der Waals surface area contributed by atoms with E-state index in [1.54, 1.807) is 29.7 Å². The van der Waals surface area contributed by atoms with Crippen molar-refractivity contribution in [1.82, 2.24) is 15.1 Å². The highest BCUT2D eigenvalue weighted by Crippen LogP contribution is 2.21. The first-order valence-corrected chi connectivity index (χ1v) is 7.59. The van der Waals surface area contributed by atoms with Gasteiger partial charge in [-0.15, -0.1) is 11.3 Å². The lowest BCUT2D eigenvalue weighted by atomic mass is 10.3. The summed E-state index contributed by atoms with van der Waals surface area (Å²) in [7, 11) is 0. The number of nitrogens with zero attached hydrogens (tertiary/aromatic N) is 3. The summed E-state index contributed by atoms with van der Waals surface area (Å²) in [5, 5.41) is 6.42. The topological polar surface area (TPSA) is 61.0 Å². The van der Waals surface area contributed by atoms with Crippen LogP contribution in [-0.4, -0.2) is 15.1 Å². The Hall–Kier alpha value is -1.92. The molecule has 0 unspecified atom stereocenters. The predicted molar refractivity (Wildman–Crippen MR) is 79.7 cm³/mol. The molecule has 0 N–H and O–H groups in total. The molecule has 1 atom stereocenters. The molecule has 7 heteroatoms. The lowest BCUT2D eigenvalue weighted by molar-refractivity contribution is 0.175. The number of hydrogen-bond acceptors (Lipinski definition) is 6. The average molecular weight is 322 g/mol. The first kappa shape index (κ1) is 14.0. The first-order chi connectivity index (χ1) is 10.2. The number of ether oxygens (including phenoxy) is 1. The fourth-order valence-corrected chi connectivity index (χ4v) is 2.57. The summed E-state index contributed by atoms with van der Waals surface area (Å²) in [6.07, 6.45) is 1.87. The van der Waals surface area contributed by atoms with Gasteiger partial charge in [0.15, 0.2) is 11.9 Å². The van der Waals surface area contributed by atoms with E-state index in [0.29, 0.717) is 29.0 Å². The maximum Gasteiger partial charge on any atom is 0.267 e. The Bertz CT molecular complexity index is 697. The summed E-state index contributed by atoms with van der Waals surface area (Å²) >= 11 is 7.40. The highest BCUT2D eigenvalue weighted by atomic mass is 35.5. The van der Waals surface area contributed by atoms with Gasteiger partial charge >= 0.3 is 0 Å². The van der Waals surface area contributed by atoms with E-state index in [4.69, 9.17) is 20.9 Å². The van der Waals surface area contributed by atoms with Crippen molar-refractivity contribution in [3.8, 4) is 5.75 Å². The SMILES string of the molecule is C[C@H](Oc1ccc(Cl)nc1)c1nc(Cc2cccs2)no1. The van der Waals surface area contributed by atoms with Gasteiger partial charge in [-0.25, -0.2) is 4.98 Å². The van der Waals surface area contributed by atoms with Gasteiger partial charge in [0.1, 0.15) is 10.9 Å². The Morgan fingerprint density at radius 3 is 3.00 bits per heavy atom. The van der Waals surface area contributed by atoms with Gasteiger partial charge in [0.25, 0.3) is 5.89 Å². The monoisotopic (exact) mass is 321 g/mol. The summed E-state index contributed by atoms with van der Waals surface area (Å²) in [5.74, 6) is 1.69. The van der Waals surface area contributed by atoms with E-state index in [0.717, 1.165) is 0 Å². The van der Waals surface area contributed by atoms with Crippen LogP contribution >= 0.6 is 22.9 Å². The minimum Gasteiger partial charge on any atom is -0.479 e. The van der Waals surface area contributed by atoms with Crippen molar-refractivity contribution in [3.05, 3.63) is 57.6 Å². The standard InChI is InChI=1S/C14H12ClN3O2S/c1-9(19-10-4-5-12(15)16-8-10)14-17-13(18-20-14)7-11-3-2-6-21-11/h2-6,8-9H,7H2,1H3/t9-/m0/s1. The Balaban J connectivity index is 1.66. The van der Waals surface area contributed by atoms with E-state index in [9.17, 15) is 0 Å². The van der Waals surface area contributed by atoms with Crippen molar-refractivity contribution < 1.29 is 9.26 Å². The molecule has 0 aromatic carbocycles. The van der Waals surface area contributed by atoms with E-state index in [1.807, 2.05) is 24.4 Å². The normalized spacial score (nSPS) is 12.3. The van der Waals surface area contributed by atoms with Gasteiger partial charge in [-0.05, 0) is 30.5 Å². The van der Waals surface area contributed by atoms with Crippen LogP contribution in [0.15, 0.2) is 40.4 Å². The molecule has 0 radical (unpaired) electrons. The Labute approximate surface area is 130 Å². The highest BCUT2D eigenvalue weighted by molar-refractivity contribution is 7.09. The van der Waals surface area contributed by atoms with Crippen molar-refractivity contribution in [2.45, 2.75) is 19.4 Å². The molecule has 108 valence electrons. The molecule has 5 nitrogen and oxygen atoms in total. The first-order valence-electron chi connectivity index (χ1n) is 6.34. The second-order valence-corrected chi connectivity index (χ2v) is 5.80. The van der Waals surface area contributed by atoms with Crippen molar-refractivity contribution in [3.63, 3.8) is 0 Å². The molecule has 21 heavy (non-hydrogen) atoms. The largest absolute Gasteiger partial charge is 0.479 e. The molecule has 0 aliphatic heterocycles. The molecule has 3 aromatic rings. The van der Waals surface area contributed by atoms with Crippen molar-refractivity contribution in [2.24, 2.45) is 0 Å². The number of rotatable bonds is 5. The third-order valence-electron chi connectivity index (χ3n) is 2.76. The summed E-state index contributed by atoms with van der Waals surface area (Å²) in [6, 6.07) is 7.45. The fourth-order valence-electron chi connectivity index (χ4n) is 1.76. The Kier molecular flexibility index (Phi) is 4.17. The van der Waals surface area contributed by atoms with Crippen LogP contribution in [-0.2, 0) is 6.42 Å². The van der Waals surface area contributed by atoms with Gasteiger partial charge in [-0.3, -0.25) is 0 Å². The molecular weight excluding hydrogens is 310 g/mol. The molecule has 0 bridgehead atoms. The molecule has 0 fully saturated rings. The van der Waals surface area contributed by atoms with Crippen molar-refractivity contribution >= 4 is 22.9 Å². The second-order valence-electron chi connectivity index (χ2n) is 4.38. The minimum atomic E-state index is -0.349. The van der Waals surface area contributed by atoms with E-state index in [2.05, 4.69) is 15.1 Å². The lowest BCUT2D eigenvalue weighted by Gasteiger charge is -2.09. The highest BCUT2D eigenvalue weighted by Gasteiger charge is 2.16. The smallest absolute Gasteiger partial charge is 0.267 e. The molecule has 3 aromatic heterocycles. The zero-order chi connectivity index (χ0) is 14.7. The molecule has 0 aliphatic rings. The Morgan fingerprint density at radius 1 is 1.38 bits per heavy atom. The van der Waals surface area contributed by atoms with Crippen LogP contribution in [0.25, 0.3) is 0 Å². The van der Waals surface area contributed by atoms with E-state index in [1.165, 1.54) is 4.88 Å². The third-order valence-corrected chi connectivity index (χ3v) is 3.86. The Morgan fingerprint density at radius 2 is 2.29 bits per heavy atom. The van der Waals surface area contributed by atoms with Gasteiger partial charge in [-0.2, -0.15) is 4.98 Å². The zero-order valence-electron chi connectivity index (χ0n) is 11.2. The quantitative estimate of drug-likeness (QED) is 0.667. The van der Waals surface area contributed by atoms with Crippen molar-refractivity contribution in [1.29, 1.82) is 0 Å². The van der Waals surface area contributed by atoms with E-state index >= 15 is 0 Å². The summed E-state index contributed by atoms with van der Waals surface area (Å²) in [6.45, 7) is 1.84. The van der Waals surface area contributed by atoms with Gasteiger partial charge in [0, 0.05) is 11.3 Å². The minimum absolute atomic E-state index is 0.349. The van der Waals surface area contributed by atoms with Crippen LogP contribution in [0.4, 0.5) is 0 Å².